The molecule has 1 atom stereocenters. The summed E-state index contributed by atoms with van der Waals surface area (Å²) in [6.07, 6.45) is 2.12. The maximum Gasteiger partial charge on any atom is 0.193 e. The third-order valence-corrected chi connectivity index (χ3v) is 3.13. The van der Waals surface area contributed by atoms with Crippen molar-refractivity contribution in [3.8, 4) is 5.75 Å². The van der Waals surface area contributed by atoms with E-state index in [1.165, 1.54) is 6.07 Å². The molecule has 1 rings (SSSR count). The molecule has 0 saturated carbocycles. The third-order valence-electron chi connectivity index (χ3n) is 3.13. The van der Waals surface area contributed by atoms with Gasteiger partial charge in [0, 0.05) is 20.6 Å². The number of nitrogens with zero attached hydrogens (tertiary/aromatic N) is 2. The Kier molecular flexibility index (Phi) is 7.58. The van der Waals surface area contributed by atoms with Gasteiger partial charge in [-0.25, -0.2) is 4.39 Å². The van der Waals surface area contributed by atoms with Gasteiger partial charge in [0.05, 0.1) is 6.54 Å². The van der Waals surface area contributed by atoms with Crippen molar-refractivity contribution in [1.82, 2.24) is 10.2 Å². The number of guanidine groups is 1. The van der Waals surface area contributed by atoms with Crippen molar-refractivity contribution in [2.75, 3.05) is 27.2 Å². The van der Waals surface area contributed by atoms with Gasteiger partial charge in [-0.3, -0.25) is 4.99 Å². The van der Waals surface area contributed by atoms with Gasteiger partial charge in [0.15, 0.2) is 17.5 Å². The second kappa shape index (κ2) is 9.21. The third kappa shape index (κ3) is 6.02. The SMILES string of the molecule is CCCCN(C)C(=NC)NCC(C)Oc1ccccc1F. The van der Waals surface area contributed by atoms with E-state index in [1.807, 2.05) is 14.0 Å². The van der Waals surface area contributed by atoms with E-state index in [0.717, 1.165) is 25.3 Å². The Morgan fingerprint density at radius 2 is 2.14 bits per heavy atom. The lowest BCUT2D eigenvalue weighted by Gasteiger charge is -2.23. The minimum absolute atomic E-state index is 0.154. The molecule has 1 aromatic carbocycles. The van der Waals surface area contributed by atoms with Crippen LogP contribution in [-0.4, -0.2) is 44.1 Å². The zero-order valence-corrected chi connectivity index (χ0v) is 13.4. The lowest BCUT2D eigenvalue weighted by Crippen LogP contribution is -2.43. The fourth-order valence-corrected chi connectivity index (χ4v) is 1.92. The zero-order valence-electron chi connectivity index (χ0n) is 13.4. The van der Waals surface area contributed by atoms with Crippen LogP contribution in [0, 0.1) is 5.82 Å². The topological polar surface area (TPSA) is 36.9 Å². The summed E-state index contributed by atoms with van der Waals surface area (Å²) in [5.41, 5.74) is 0. The van der Waals surface area contributed by atoms with E-state index >= 15 is 0 Å². The van der Waals surface area contributed by atoms with Gasteiger partial charge < -0.3 is 15.0 Å². The largest absolute Gasteiger partial charge is 0.486 e. The van der Waals surface area contributed by atoms with Gasteiger partial charge in [-0.2, -0.15) is 0 Å². The quantitative estimate of drug-likeness (QED) is 0.621. The molecular formula is C16H26FN3O. The summed E-state index contributed by atoms with van der Waals surface area (Å²) in [6, 6.07) is 6.44. The molecule has 0 amide bonds. The smallest absolute Gasteiger partial charge is 0.193 e. The highest BCUT2D eigenvalue weighted by molar-refractivity contribution is 5.79. The number of ether oxygens (including phenoxy) is 1. The first-order valence-electron chi connectivity index (χ1n) is 7.41. The van der Waals surface area contributed by atoms with E-state index in [4.69, 9.17) is 4.74 Å². The number of nitrogens with one attached hydrogen (secondary N) is 1. The van der Waals surface area contributed by atoms with Crippen LogP contribution >= 0.6 is 0 Å². The number of hydrogen-bond donors (Lipinski definition) is 1. The maximum atomic E-state index is 13.5. The fourth-order valence-electron chi connectivity index (χ4n) is 1.92. The van der Waals surface area contributed by atoms with Gasteiger partial charge in [-0.05, 0) is 25.5 Å². The van der Waals surface area contributed by atoms with Gasteiger partial charge >= 0.3 is 0 Å². The van der Waals surface area contributed by atoms with Crippen LogP contribution in [0.25, 0.3) is 0 Å². The second-order valence-electron chi connectivity index (χ2n) is 5.06. The Hall–Kier alpha value is -1.78. The van der Waals surface area contributed by atoms with E-state index in [2.05, 4.69) is 22.1 Å². The van der Waals surface area contributed by atoms with E-state index in [9.17, 15) is 4.39 Å². The van der Waals surface area contributed by atoms with Gasteiger partial charge in [0.2, 0.25) is 0 Å². The zero-order chi connectivity index (χ0) is 15.7. The van der Waals surface area contributed by atoms with Gasteiger partial charge in [-0.15, -0.1) is 0 Å². The normalized spacial score (nSPS) is 12.9. The van der Waals surface area contributed by atoms with E-state index in [0.29, 0.717) is 6.54 Å². The Bertz CT molecular complexity index is 451. The number of unbranched alkanes of at least 4 members (excludes halogenated alkanes) is 1. The Morgan fingerprint density at radius 1 is 1.43 bits per heavy atom. The van der Waals surface area contributed by atoms with Crippen LogP contribution in [0.1, 0.15) is 26.7 Å². The highest BCUT2D eigenvalue weighted by atomic mass is 19.1. The molecule has 4 nitrogen and oxygen atoms in total. The van der Waals surface area contributed by atoms with Crippen molar-refractivity contribution in [1.29, 1.82) is 0 Å². The van der Waals surface area contributed by atoms with Crippen molar-refractivity contribution in [2.24, 2.45) is 4.99 Å². The van der Waals surface area contributed by atoms with E-state index in [-0.39, 0.29) is 17.7 Å². The molecule has 0 bridgehead atoms. The van der Waals surface area contributed by atoms with Crippen LogP contribution < -0.4 is 10.1 Å². The molecule has 0 aliphatic heterocycles. The fraction of sp³-hybridized carbons (Fsp3) is 0.562. The summed E-state index contributed by atoms with van der Waals surface area (Å²) in [6.45, 7) is 5.59. The molecule has 21 heavy (non-hydrogen) atoms. The average Bonchev–Trinajstić information content (AvgIpc) is 2.48. The Balaban J connectivity index is 2.44. The molecular weight excluding hydrogens is 269 g/mol. The minimum atomic E-state index is -0.339. The van der Waals surface area contributed by atoms with Crippen molar-refractivity contribution in [3.63, 3.8) is 0 Å². The number of hydrogen-bond acceptors (Lipinski definition) is 2. The van der Waals surface area contributed by atoms with Crippen LogP contribution in [0.15, 0.2) is 29.3 Å². The number of para-hydroxylation sites is 1. The van der Waals surface area contributed by atoms with Gasteiger partial charge in [0.25, 0.3) is 0 Å². The summed E-state index contributed by atoms with van der Waals surface area (Å²) < 4.78 is 19.1. The van der Waals surface area contributed by atoms with Crippen molar-refractivity contribution in [2.45, 2.75) is 32.8 Å². The van der Waals surface area contributed by atoms with Crippen molar-refractivity contribution >= 4 is 5.96 Å². The lowest BCUT2D eigenvalue weighted by molar-refractivity contribution is 0.212. The predicted molar refractivity (Wildman–Crippen MR) is 85.4 cm³/mol. The molecule has 0 saturated heterocycles. The van der Waals surface area contributed by atoms with Gasteiger partial charge in [-0.1, -0.05) is 25.5 Å². The molecule has 0 radical (unpaired) electrons. The van der Waals surface area contributed by atoms with Crippen LogP contribution in [0.3, 0.4) is 0 Å². The second-order valence-corrected chi connectivity index (χ2v) is 5.06. The van der Waals surface area contributed by atoms with Gasteiger partial charge in [0.1, 0.15) is 6.10 Å². The number of halogens is 1. The average molecular weight is 295 g/mol. The molecule has 0 heterocycles. The van der Waals surface area contributed by atoms with E-state index < -0.39 is 0 Å². The monoisotopic (exact) mass is 295 g/mol. The lowest BCUT2D eigenvalue weighted by atomic mass is 10.3. The number of benzene rings is 1. The first-order chi connectivity index (χ1) is 10.1. The van der Waals surface area contributed by atoms with Crippen LogP contribution in [0.5, 0.6) is 5.75 Å². The molecule has 0 aromatic heterocycles. The molecule has 0 aliphatic carbocycles. The summed E-state index contributed by atoms with van der Waals surface area (Å²) in [5.74, 6) is 0.766. The molecule has 0 aliphatic rings. The highest BCUT2D eigenvalue weighted by Crippen LogP contribution is 2.16. The standard InChI is InChI=1S/C16H26FN3O/c1-5-6-11-20(4)16(18-3)19-12-13(2)21-15-10-8-7-9-14(15)17/h7-10,13H,5-6,11-12H2,1-4H3,(H,18,19). The Labute approximate surface area is 127 Å². The summed E-state index contributed by atoms with van der Waals surface area (Å²) in [5, 5.41) is 3.25. The van der Waals surface area contributed by atoms with Crippen molar-refractivity contribution < 1.29 is 9.13 Å². The van der Waals surface area contributed by atoms with Crippen LogP contribution in [0.4, 0.5) is 4.39 Å². The maximum absolute atomic E-state index is 13.5. The molecule has 0 fully saturated rings. The predicted octanol–water partition coefficient (Wildman–Crippen LogP) is 2.90. The number of rotatable bonds is 7. The molecule has 1 N–H and O–H groups in total. The minimum Gasteiger partial charge on any atom is -0.486 e. The highest BCUT2D eigenvalue weighted by Gasteiger charge is 2.10. The molecule has 5 heteroatoms. The summed E-state index contributed by atoms with van der Waals surface area (Å²) in [4.78, 5) is 6.32. The summed E-state index contributed by atoms with van der Waals surface area (Å²) in [7, 11) is 3.76. The molecule has 1 aromatic rings. The molecule has 1 unspecified atom stereocenters. The molecule has 0 spiro atoms. The van der Waals surface area contributed by atoms with Crippen LogP contribution in [-0.2, 0) is 0 Å². The first-order valence-corrected chi connectivity index (χ1v) is 7.41. The van der Waals surface area contributed by atoms with E-state index in [1.54, 1.807) is 25.2 Å². The molecule has 118 valence electrons. The van der Waals surface area contributed by atoms with Crippen LogP contribution in [0.2, 0.25) is 0 Å². The first kappa shape index (κ1) is 17.3. The number of aliphatic imine (C=N–C) groups is 1. The van der Waals surface area contributed by atoms with Crippen molar-refractivity contribution in [3.05, 3.63) is 30.1 Å². The Morgan fingerprint density at radius 3 is 2.76 bits per heavy atom. The summed E-state index contributed by atoms with van der Waals surface area (Å²) >= 11 is 0.